The summed E-state index contributed by atoms with van der Waals surface area (Å²) in [4.78, 5) is 11.1. The van der Waals surface area contributed by atoms with Gasteiger partial charge in [0.15, 0.2) is 0 Å². The number of carbonyl (C=O) groups is 1. The molecule has 0 radical (unpaired) electrons. The van der Waals surface area contributed by atoms with Gasteiger partial charge < -0.3 is 15.7 Å². The molecule has 11 heavy (non-hydrogen) atoms. The Labute approximate surface area is 66.0 Å². The van der Waals surface area contributed by atoms with Crippen LogP contribution < -0.4 is 10.6 Å². The van der Waals surface area contributed by atoms with Crippen molar-refractivity contribution in [1.82, 2.24) is 10.6 Å². The van der Waals surface area contributed by atoms with Gasteiger partial charge in [0, 0.05) is 19.1 Å². The summed E-state index contributed by atoms with van der Waals surface area (Å²) >= 11 is 0. The van der Waals surface area contributed by atoms with E-state index in [4.69, 9.17) is 5.11 Å². The molecule has 3 N–H and O–H groups in total. The molecule has 1 amide bonds. The fraction of sp³-hybridized carbons (Fsp3) is 0.857. The monoisotopic (exact) mass is 158 g/mol. The lowest BCUT2D eigenvalue weighted by Gasteiger charge is -2.27. The molecule has 0 spiro atoms. The first-order valence-electron chi connectivity index (χ1n) is 3.86. The van der Waals surface area contributed by atoms with Crippen molar-refractivity contribution in [3.63, 3.8) is 0 Å². The van der Waals surface area contributed by atoms with Crippen LogP contribution >= 0.6 is 0 Å². The SMILES string of the molecule is CC(CO)NC(=O)C1CNC1. The number of hydrogen-bond donors (Lipinski definition) is 3. The summed E-state index contributed by atoms with van der Waals surface area (Å²) in [5, 5.41) is 14.3. The Hall–Kier alpha value is -0.610. The van der Waals surface area contributed by atoms with Gasteiger partial charge in [0.1, 0.15) is 0 Å². The average molecular weight is 158 g/mol. The molecule has 1 atom stereocenters. The minimum Gasteiger partial charge on any atom is -0.394 e. The van der Waals surface area contributed by atoms with E-state index in [1.54, 1.807) is 6.92 Å². The Balaban J connectivity index is 2.19. The number of carbonyl (C=O) groups excluding carboxylic acids is 1. The van der Waals surface area contributed by atoms with Gasteiger partial charge in [0.2, 0.25) is 5.91 Å². The lowest BCUT2D eigenvalue weighted by molar-refractivity contribution is -0.127. The highest BCUT2D eigenvalue weighted by molar-refractivity contribution is 5.80. The minimum atomic E-state index is -0.122. The van der Waals surface area contributed by atoms with E-state index in [2.05, 4.69) is 10.6 Å². The normalized spacial score (nSPS) is 20.5. The second-order valence-electron chi connectivity index (χ2n) is 2.95. The first-order chi connectivity index (χ1) is 5.24. The summed E-state index contributed by atoms with van der Waals surface area (Å²) < 4.78 is 0. The highest BCUT2D eigenvalue weighted by Crippen LogP contribution is 2.02. The molecule has 0 aromatic heterocycles. The Morgan fingerprint density at radius 1 is 1.82 bits per heavy atom. The fourth-order valence-electron chi connectivity index (χ4n) is 0.880. The maximum absolute atomic E-state index is 11.1. The highest BCUT2D eigenvalue weighted by atomic mass is 16.3. The molecule has 1 aliphatic rings. The van der Waals surface area contributed by atoms with Gasteiger partial charge in [-0.2, -0.15) is 0 Å². The van der Waals surface area contributed by atoms with Gasteiger partial charge in [-0.15, -0.1) is 0 Å². The van der Waals surface area contributed by atoms with Crippen LogP contribution in [0.3, 0.4) is 0 Å². The van der Waals surface area contributed by atoms with E-state index in [-0.39, 0.29) is 24.5 Å². The maximum atomic E-state index is 11.1. The van der Waals surface area contributed by atoms with Gasteiger partial charge in [-0.25, -0.2) is 0 Å². The van der Waals surface area contributed by atoms with E-state index in [9.17, 15) is 4.79 Å². The van der Waals surface area contributed by atoms with Crippen molar-refractivity contribution in [2.75, 3.05) is 19.7 Å². The van der Waals surface area contributed by atoms with Gasteiger partial charge in [-0.1, -0.05) is 0 Å². The van der Waals surface area contributed by atoms with E-state index < -0.39 is 0 Å². The number of hydrogen-bond acceptors (Lipinski definition) is 3. The molecular weight excluding hydrogens is 144 g/mol. The molecule has 1 fully saturated rings. The van der Waals surface area contributed by atoms with Crippen molar-refractivity contribution < 1.29 is 9.90 Å². The predicted molar refractivity (Wildman–Crippen MR) is 41.1 cm³/mol. The first kappa shape index (κ1) is 8.49. The van der Waals surface area contributed by atoms with Crippen LogP contribution in [0.15, 0.2) is 0 Å². The molecule has 0 aromatic carbocycles. The van der Waals surface area contributed by atoms with Gasteiger partial charge in [0.05, 0.1) is 12.5 Å². The molecular formula is C7H14N2O2. The van der Waals surface area contributed by atoms with Crippen LogP contribution in [0.4, 0.5) is 0 Å². The smallest absolute Gasteiger partial charge is 0.225 e. The quantitative estimate of drug-likeness (QED) is 0.478. The lowest BCUT2D eigenvalue weighted by atomic mass is 10.0. The van der Waals surface area contributed by atoms with Crippen molar-refractivity contribution in [1.29, 1.82) is 0 Å². The summed E-state index contributed by atoms with van der Waals surface area (Å²) in [7, 11) is 0. The zero-order valence-electron chi connectivity index (χ0n) is 6.63. The molecule has 1 unspecified atom stereocenters. The van der Waals surface area contributed by atoms with Crippen LogP contribution in [-0.2, 0) is 4.79 Å². The second kappa shape index (κ2) is 3.69. The van der Waals surface area contributed by atoms with Crippen molar-refractivity contribution in [3.05, 3.63) is 0 Å². The standard InChI is InChI=1S/C7H14N2O2/c1-5(4-10)9-7(11)6-2-8-3-6/h5-6,8,10H,2-4H2,1H3,(H,9,11). The number of aliphatic hydroxyl groups excluding tert-OH is 1. The Bertz CT molecular complexity index is 145. The molecule has 1 aliphatic heterocycles. The molecule has 1 saturated heterocycles. The molecule has 64 valence electrons. The topological polar surface area (TPSA) is 61.4 Å². The molecule has 0 saturated carbocycles. The predicted octanol–water partition coefficient (Wildman–Crippen LogP) is -1.30. The number of amides is 1. The first-order valence-corrected chi connectivity index (χ1v) is 3.86. The third-order valence-electron chi connectivity index (χ3n) is 1.81. The summed E-state index contributed by atoms with van der Waals surface area (Å²) in [6.07, 6.45) is 0. The van der Waals surface area contributed by atoms with E-state index in [0.29, 0.717) is 0 Å². The molecule has 0 aliphatic carbocycles. The van der Waals surface area contributed by atoms with E-state index in [1.165, 1.54) is 0 Å². The van der Waals surface area contributed by atoms with Gasteiger partial charge in [0.25, 0.3) is 0 Å². The highest BCUT2D eigenvalue weighted by Gasteiger charge is 2.25. The number of rotatable bonds is 3. The van der Waals surface area contributed by atoms with E-state index in [0.717, 1.165) is 13.1 Å². The van der Waals surface area contributed by atoms with Crippen LogP contribution in [0.1, 0.15) is 6.92 Å². The van der Waals surface area contributed by atoms with Crippen molar-refractivity contribution in [3.8, 4) is 0 Å². The fourth-order valence-corrected chi connectivity index (χ4v) is 0.880. The molecule has 0 bridgehead atoms. The number of aliphatic hydroxyl groups is 1. The van der Waals surface area contributed by atoms with E-state index >= 15 is 0 Å². The van der Waals surface area contributed by atoms with E-state index in [1.807, 2.05) is 0 Å². The summed E-state index contributed by atoms with van der Waals surface area (Å²) in [5.41, 5.74) is 0. The molecule has 0 aromatic rings. The Morgan fingerprint density at radius 3 is 2.82 bits per heavy atom. The average Bonchev–Trinajstić information content (AvgIpc) is 1.83. The van der Waals surface area contributed by atoms with Crippen LogP contribution in [0.5, 0.6) is 0 Å². The summed E-state index contributed by atoms with van der Waals surface area (Å²) in [6, 6.07) is -0.122. The van der Waals surface area contributed by atoms with Crippen molar-refractivity contribution in [2.45, 2.75) is 13.0 Å². The third-order valence-corrected chi connectivity index (χ3v) is 1.81. The van der Waals surface area contributed by atoms with Gasteiger partial charge in [-0.05, 0) is 6.92 Å². The summed E-state index contributed by atoms with van der Waals surface area (Å²) in [6.45, 7) is 3.32. The minimum absolute atomic E-state index is 0.00584. The zero-order valence-corrected chi connectivity index (χ0v) is 6.63. The largest absolute Gasteiger partial charge is 0.394 e. The van der Waals surface area contributed by atoms with Crippen LogP contribution in [0.2, 0.25) is 0 Å². The Kier molecular flexibility index (Phi) is 2.84. The summed E-state index contributed by atoms with van der Waals surface area (Å²) in [5.74, 6) is 0.161. The second-order valence-corrected chi connectivity index (χ2v) is 2.95. The van der Waals surface area contributed by atoms with Gasteiger partial charge >= 0.3 is 0 Å². The van der Waals surface area contributed by atoms with Crippen LogP contribution in [-0.4, -0.2) is 36.8 Å². The van der Waals surface area contributed by atoms with Crippen LogP contribution in [0, 0.1) is 5.92 Å². The maximum Gasteiger partial charge on any atom is 0.225 e. The molecule has 4 heteroatoms. The van der Waals surface area contributed by atoms with Crippen molar-refractivity contribution in [2.24, 2.45) is 5.92 Å². The molecule has 1 rings (SSSR count). The lowest BCUT2D eigenvalue weighted by Crippen LogP contribution is -2.52. The van der Waals surface area contributed by atoms with Gasteiger partial charge in [-0.3, -0.25) is 4.79 Å². The third kappa shape index (κ3) is 2.17. The van der Waals surface area contributed by atoms with Crippen LogP contribution in [0.25, 0.3) is 0 Å². The van der Waals surface area contributed by atoms with Crippen molar-refractivity contribution >= 4 is 5.91 Å². The number of nitrogens with one attached hydrogen (secondary N) is 2. The Morgan fingerprint density at radius 2 is 2.45 bits per heavy atom. The zero-order chi connectivity index (χ0) is 8.27. The molecule has 1 heterocycles. The molecule has 4 nitrogen and oxygen atoms in total.